The number of hydrogen-bond acceptors (Lipinski definition) is 5. The zero-order valence-electron chi connectivity index (χ0n) is 17.0. The smallest absolute Gasteiger partial charge is 0.161 e. The number of aromatic nitrogens is 8. The van der Waals surface area contributed by atoms with E-state index in [0.717, 1.165) is 50.3 Å². The predicted molar refractivity (Wildman–Crippen MR) is 119 cm³/mol. The first-order valence-corrected chi connectivity index (χ1v) is 9.93. The Balaban J connectivity index is 1.52. The summed E-state index contributed by atoms with van der Waals surface area (Å²) in [6, 6.07) is 12.0. The van der Waals surface area contributed by atoms with Crippen molar-refractivity contribution >= 4 is 22.1 Å². The van der Waals surface area contributed by atoms with Crippen LogP contribution >= 0.6 is 0 Å². The Bertz CT molecular complexity index is 1570. The molecule has 150 valence electrons. The maximum Gasteiger partial charge on any atom is 0.161 e. The average molecular weight is 406 g/mol. The SMILES string of the molecule is Cc1cn(-c2cccc3[nH]c(-c4n[nH]c5ccc(-c6cnccc6C)nc45)nc23)cn1. The highest BCUT2D eigenvalue weighted by atomic mass is 15.2. The molecule has 0 amide bonds. The molecule has 5 heterocycles. The van der Waals surface area contributed by atoms with Gasteiger partial charge in [-0.25, -0.2) is 15.0 Å². The molecule has 8 nitrogen and oxygen atoms in total. The highest BCUT2D eigenvalue weighted by Gasteiger charge is 2.17. The molecule has 6 rings (SSSR count). The fourth-order valence-electron chi connectivity index (χ4n) is 3.84. The van der Waals surface area contributed by atoms with Gasteiger partial charge in [0.25, 0.3) is 0 Å². The number of para-hydroxylation sites is 1. The molecule has 0 bridgehead atoms. The molecule has 0 unspecified atom stereocenters. The van der Waals surface area contributed by atoms with Crippen LogP contribution in [0.25, 0.3) is 50.5 Å². The van der Waals surface area contributed by atoms with Crippen LogP contribution < -0.4 is 0 Å². The third kappa shape index (κ3) is 2.80. The topological polar surface area (TPSA) is 101 Å². The van der Waals surface area contributed by atoms with Crippen molar-refractivity contribution in [2.24, 2.45) is 0 Å². The van der Waals surface area contributed by atoms with Crippen LogP contribution in [0.4, 0.5) is 0 Å². The monoisotopic (exact) mass is 406 g/mol. The molecular formula is C23H18N8. The van der Waals surface area contributed by atoms with Gasteiger partial charge < -0.3 is 9.55 Å². The number of pyridine rings is 2. The standard InChI is InChI=1S/C23H18N8/c1-13-8-9-24-10-15(13)16-6-7-18-21(26-16)22(30-29-18)23-27-17-4-3-5-19(20(17)28-23)31-11-14(2)25-12-31/h3-12H,1-2H3,(H,27,28)(H,29,30). The first kappa shape index (κ1) is 17.5. The highest BCUT2D eigenvalue weighted by Crippen LogP contribution is 2.30. The number of H-pyrrole nitrogens is 2. The first-order valence-electron chi connectivity index (χ1n) is 9.93. The van der Waals surface area contributed by atoms with Gasteiger partial charge in [0.05, 0.1) is 34.4 Å². The molecule has 1 aromatic carbocycles. The first-order chi connectivity index (χ1) is 15.2. The van der Waals surface area contributed by atoms with Gasteiger partial charge in [-0.05, 0) is 49.7 Å². The van der Waals surface area contributed by atoms with Crippen molar-refractivity contribution in [1.82, 2.24) is 39.7 Å². The van der Waals surface area contributed by atoms with Crippen LogP contribution in [0.5, 0.6) is 0 Å². The van der Waals surface area contributed by atoms with Gasteiger partial charge in [-0.2, -0.15) is 5.10 Å². The van der Waals surface area contributed by atoms with E-state index in [9.17, 15) is 0 Å². The number of rotatable bonds is 3. The minimum Gasteiger partial charge on any atom is -0.336 e. The van der Waals surface area contributed by atoms with Crippen molar-refractivity contribution in [3.05, 3.63) is 72.6 Å². The summed E-state index contributed by atoms with van der Waals surface area (Å²) in [4.78, 5) is 21.7. The molecule has 0 spiro atoms. The Kier molecular flexibility index (Phi) is 3.73. The Hall–Kier alpha value is -4.33. The molecule has 0 aliphatic rings. The highest BCUT2D eigenvalue weighted by molar-refractivity contribution is 5.93. The Morgan fingerprint density at radius 1 is 0.935 bits per heavy atom. The lowest BCUT2D eigenvalue weighted by Crippen LogP contribution is -1.91. The number of benzene rings is 1. The molecule has 0 fully saturated rings. The molecule has 8 heteroatoms. The van der Waals surface area contributed by atoms with Gasteiger partial charge in [0.15, 0.2) is 11.5 Å². The van der Waals surface area contributed by atoms with E-state index in [2.05, 4.69) is 32.1 Å². The van der Waals surface area contributed by atoms with Crippen molar-refractivity contribution in [3.8, 4) is 28.5 Å². The van der Waals surface area contributed by atoms with Gasteiger partial charge in [-0.3, -0.25) is 10.1 Å². The molecule has 0 radical (unpaired) electrons. The van der Waals surface area contributed by atoms with Crippen LogP contribution in [0.15, 0.2) is 61.3 Å². The number of nitrogens with one attached hydrogen (secondary N) is 2. The van der Waals surface area contributed by atoms with Gasteiger partial charge >= 0.3 is 0 Å². The maximum atomic E-state index is 4.89. The Labute approximate surface area is 177 Å². The van der Waals surface area contributed by atoms with Crippen LogP contribution in [-0.2, 0) is 0 Å². The van der Waals surface area contributed by atoms with E-state index < -0.39 is 0 Å². The van der Waals surface area contributed by atoms with Crippen molar-refractivity contribution in [1.29, 1.82) is 0 Å². The summed E-state index contributed by atoms with van der Waals surface area (Å²) < 4.78 is 1.98. The lowest BCUT2D eigenvalue weighted by atomic mass is 10.1. The molecule has 0 aliphatic carbocycles. The lowest BCUT2D eigenvalue weighted by molar-refractivity contribution is 1.06. The Morgan fingerprint density at radius 2 is 1.87 bits per heavy atom. The van der Waals surface area contributed by atoms with E-state index >= 15 is 0 Å². The van der Waals surface area contributed by atoms with Crippen LogP contribution in [-0.4, -0.2) is 39.7 Å². The van der Waals surface area contributed by atoms with Crippen LogP contribution in [0.1, 0.15) is 11.3 Å². The summed E-state index contributed by atoms with van der Waals surface area (Å²) in [5.41, 5.74) is 8.96. The second-order valence-electron chi connectivity index (χ2n) is 7.54. The van der Waals surface area contributed by atoms with E-state index in [4.69, 9.17) is 9.97 Å². The molecule has 0 atom stereocenters. The number of fused-ring (bicyclic) bond motifs is 2. The van der Waals surface area contributed by atoms with Crippen molar-refractivity contribution in [3.63, 3.8) is 0 Å². The van der Waals surface area contributed by atoms with Crippen LogP contribution in [0, 0.1) is 13.8 Å². The largest absolute Gasteiger partial charge is 0.336 e. The number of nitrogens with zero attached hydrogens (tertiary/aromatic N) is 6. The summed E-state index contributed by atoms with van der Waals surface area (Å²) in [7, 11) is 0. The number of imidazole rings is 2. The van der Waals surface area contributed by atoms with Crippen molar-refractivity contribution < 1.29 is 0 Å². The summed E-state index contributed by atoms with van der Waals surface area (Å²) in [5.74, 6) is 0.665. The summed E-state index contributed by atoms with van der Waals surface area (Å²) in [5, 5.41) is 7.58. The number of aromatic amines is 2. The zero-order valence-corrected chi connectivity index (χ0v) is 17.0. The molecule has 0 aliphatic heterocycles. The zero-order chi connectivity index (χ0) is 20.9. The molecule has 31 heavy (non-hydrogen) atoms. The van der Waals surface area contributed by atoms with E-state index in [1.165, 1.54) is 0 Å². The Morgan fingerprint density at radius 3 is 2.71 bits per heavy atom. The van der Waals surface area contributed by atoms with Gasteiger partial charge in [0.2, 0.25) is 0 Å². The molecule has 0 saturated carbocycles. The van der Waals surface area contributed by atoms with Crippen LogP contribution in [0.3, 0.4) is 0 Å². The summed E-state index contributed by atoms with van der Waals surface area (Å²) >= 11 is 0. The van der Waals surface area contributed by atoms with E-state index in [0.29, 0.717) is 11.5 Å². The number of aryl methyl sites for hydroxylation is 2. The van der Waals surface area contributed by atoms with Gasteiger partial charge in [0.1, 0.15) is 11.0 Å². The van der Waals surface area contributed by atoms with E-state index in [1.807, 2.05) is 60.3 Å². The fourth-order valence-corrected chi connectivity index (χ4v) is 3.84. The molecule has 6 aromatic rings. The van der Waals surface area contributed by atoms with E-state index in [1.54, 1.807) is 12.5 Å². The average Bonchev–Trinajstić information content (AvgIpc) is 3.50. The molecule has 2 N–H and O–H groups in total. The fraction of sp³-hybridized carbons (Fsp3) is 0.0870. The lowest BCUT2D eigenvalue weighted by Gasteiger charge is -2.04. The summed E-state index contributed by atoms with van der Waals surface area (Å²) in [6.07, 6.45) is 7.40. The second-order valence-corrected chi connectivity index (χ2v) is 7.54. The third-order valence-electron chi connectivity index (χ3n) is 5.43. The minimum absolute atomic E-state index is 0.665. The minimum atomic E-state index is 0.665. The molecular weight excluding hydrogens is 388 g/mol. The van der Waals surface area contributed by atoms with Gasteiger partial charge in [0, 0.05) is 24.2 Å². The second kappa shape index (κ2) is 6.60. The van der Waals surface area contributed by atoms with Gasteiger partial charge in [-0.1, -0.05) is 6.07 Å². The van der Waals surface area contributed by atoms with Crippen molar-refractivity contribution in [2.45, 2.75) is 13.8 Å². The quantitative estimate of drug-likeness (QED) is 0.455. The molecule has 5 aromatic heterocycles. The third-order valence-corrected chi connectivity index (χ3v) is 5.43. The predicted octanol–water partition coefficient (Wildman–Crippen LogP) is 4.37. The van der Waals surface area contributed by atoms with Crippen LogP contribution in [0.2, 0.25) is 0 Å². The van der Waals surface area contributed by atoms with E-state index in [-0.39, 0.29) is 0 Å². The number of hydrogen-bond donors (Lipinski definition) is 2. The van der Waals surface area contributed by atoms with Gasteiger partial charge in [-0.15, -0.1) is 0 Å². The molecule has 0 saturated heterocycles. The normalized spacial score (nSPS) is 11.5. The maximum absolute atomic E-state index is 4.89. The van der Waals surface area contributed by atoms with Crippen molar-refractivity contribution in [2.75, 3.05) is 0 Å². The summed E-state index contributed by atoms with van der Waals surface area (Å²) in [6.45, 7) is 4.02.